The summed E-state index contributed by atoms with van der Waals surface area (Å²) in [5.74, 6) is 0. The molecule has 0 spiro atoms. The molecule has 0 saturated carbocycles. The first-order chi connectivity index (χ1) is 6.93. The Balaban J connectivity index is 2.42. The summed E-state index contributed by atoms with van der Waals surface area (Å²) in [5.41, 5.74) is 0. The van der Waals surface area contributed by atoms with E-state index in [2.05, 4.69) is 48.5 Å². The first-order valence-corrected chi connectivity index (χ1v) is 7.32. The summed E-state index contributed by atoms with van der Waals surface area (Å²) >= 11 is 0.220. The zero-order chi connectivity index (χ0) is 9.38. The fourth-order valence-electron chi connectivity index (χ4n) is 1.57. The summed E-state index contributed by atoms with van der Waals surface area (Å²) in [7, 11) is 1.39. The molecule has 0 atom stereocenters. The molecule has 0 nitrogen and oxygen atoms in total. The van der Waals surface area contributed by atoms with E-state index in [4.69, 9.17) is 0 Å². The Labute approximate surface area is 90.6 Å². The number of fused-ring (bicyclic) bond motifs is 2. The molecule has 0 amide bonds. The first-order valence-electron chi connectivity index (χ1n) is 4.55. The molecule has 14 heavy (non-hydrogen) atoms. The van der Waals surface area contributed by atoms with Crippen LogP contribution in [0.1, 0.15) is 0 Å². The summed E-state index contributed by atoms with van der Waals surface area (Å²) in [6.45, 7) is 0. The summed E-state index contributed by atoms with van der Waals surface area (Å²) in [4.78, 5) is 1.51. The van der Waals surface area contributed by atoms with Gasteiger partial charge in [-0.3, -0.25) is 0 Å². The molecule has 1 heterocycles. The number of hydrogen-bond donors (Lipinski definition) is 0. The Morgan fingerprint density at radius 2 is 1.64 bits per heavy atom. The Bertz CT molecular complexity index is 548. The molecular formula is C12H8AsP. The van der Waals surface area contributed by atoms with Crippen LogP contribution in [0.5, 0.6) is 0 Å². The van der Waals surface area contributed by atoms with Crippen LogP contribution in [0.2, 0.25) is 0 Å². The summed E-state index contributed by atoms with van der Waals surface area (Å²) in [6, 6.07) is 17.6. The number of benzene rings is 2. The van der Waals surface area contributed by atoms with E-state index in [9.17, 15) is 0 Å². The SMILES string of the molecule is c1ccc2c(c1)P=c1ccccc1=[As]2. The fraction of sp³-hybridized carbons (Fsp3) is 0. The second-order valence-corrected chi connectivity index (χ2v) is 6.88. The molecule has 2 heteroatoms. The van der Waals surface area contributed by atoms with Gasteiger partial charge in [-0.1, -0.05) is 0 Å². The van der Waals surface area contributed by atoms with Crippen LogP contribution in [0.15, 0.2) is 48.5 Å². The van der Waals surface area contributed by atoms with Crippen molar-refractivity contribution in [2.24, 2.45) is 0 Å². The van der Waals surface area contributed by atoms with Crippen molar-refractivity contribution in [1.82, 2.24) is 0 Å². The molecule has 66 valence electrons. The molecule has 0 N–H and O–H groups in total. The second kappa shape index (κ2) is 3.46. The van der Waals surface area contributed by atoms with Crippen molar-refractivity contribution < 1.29 is 0 Å². The molecular weight excluding hydrogens is 250 g/mol. The predicted octanol–water partition coefficient (Wildman–Crippen LogP) is 1.80. The fourth-order valence-corrected chi connectivity index (χ4v) is 5.69. The van der Waals surface area contributed by atoms with Gasteiger partial charge in [0.1, 0.15) is 0 Å². The van der Waals surface area contributed by atoms with Crippen molar-refractivity contribution in [1.29, 1.82) is 0 Å². The van der Waals surface area contributed by atoms with Gasteiger partial charge in [0.25, 0.3) is 0 Å². The predicted molar refractivity (Wildman–Crippen MR) is 62.5 cm³/mol. The second-order valence-electron chi connectivity index (χ2n) is 3.20. The average Bonchev–Trinajstić information content (AvgIpc) is 2.26. The third-order valence-corrected chi connectivity index (χ3v) is 6.92. The molecule has 1 aliphatic heterocycles. The molecule has 2 aromatic carbocycles. The molecule has 0 radical (unpaired) electrons. The van der Waals surface area contributed by atoms with Crippen LogP contribution in [0, 0.1) is 8.89 Å². The van der Waals surface area contributed by atoms with E-state index in [1.165, 1.54) is 18.4 Å². The van der Waals surface area contributed by atoms with Gasteiger partial charge in [-0.25, -0.2) is 0 Å². The Hall–Kier alpha value is -0.702. The summed E-state index contributed by atoms with van der Waals surface area (Å²) in [6.07, 6.45) is 0. The average molecular weight is 258 g/mol. The normalized spacial score (nSPS) is 14.3. The molecule has 0 fully saturated rings. The number of hydrogen-bond acceptors (Lipinski definition) is 0. The molecule has 0 unspecified atom stereocenters. The van der Waals surface area contributed by atoms with Crippen molar-refractivity contribution in [3.05, 3.63) is 57.4 Å². The van der Waals surface area contributed by atoms with Crippen molar-refractivity contribution in [3.8, 4) is 0 Å². The molecule has 0 aromatic heterocycles. The van der Waals surface area contributed by atoms with Gasteiger partial charge in [-0.15, -0.1) is 0 Å². The first kappa shape index (κ1) is 8.59. The maximum atomic E-state index is 2.28. The maximum absolute atomic E-state index is 2.28. The van der Waals surface area contributed by atoms with Gasteiger partial charge in [0.05, 0.1) is 0 Å². The van der Waals surface area contributed by atoms with Crippen molar-refractivity contribution in [2.75, 3.05) is 0 Å². The molecule has 0 aliphatic carbocycles. The minimum atomic E-state index is 0.220. The monoisotopic (exact) mass is 258 g/mol. The van der Waals surface area contributed by atoms with Gasteiger partial charge >= 0.3 is 90.6 Å². The zero-order valence-electron chi connectivity index (χ0n) is 7.51. The van der Waals surface area contributed by atoms with Crippen LogP contribution in [-0.4, -0.2) is 15.3 Å². The van der Waals surface area contributed by atoms with Crippen molar-refractivity contribution in [3.63, 3.8) is 0 Å². The van der Waals surface area contributed by atoms with Gasteiger partial charge in [0.2, 0.25) is 0 Å². The van der Waals surface area contributed by atoms with Gasteiger partial charge in [0, 0.05) is 0 Å². The van der Waals surface area contributed by atoms with Crippen LogP contribution < -0.4 is 9.66 Å². The standard InChI is InChI=1S/C12H8AsP/c1-3-7-11-9(5-1)13-10-6-2-4-8-12(10)14-11/h1-8H. The van der Waals surface area contributed by atoms with E-state index < -0.39 is 0 Å². The Kier molecular flexibility index (Phi) is 2.12. The van der Waals surface area contributed by atoms with Gasteiger partial charge in [-0.05, 0) is 0 Å². The Morgan fingerprint density at radius 3 is 2.64 bits per heavy atom. The third-order valence-electron chi connectivity index (χ3n) is 2.25. The minimum absolute atomic E-state index is 0.220. The quantitative estimate of drug-likeness (QED) is 0.426. The molecule has 2 aromatic rings. The van der Waals surface area contributed by atoms with Gasteiger partial charge in [0.15, 0.2) is 0 Å². The molecule has 0 saturated heterocycles. The van der Waals surface area contributed by atoms with E-state index in [0.717, 1.165) is 0 Å². The van der Waals surface area contributed by atoms with Crippen LogP contribution in [0.4, 0.5) is 0 Å². The van der Waals surface area contributed by atoms with Crippen LogP contribution >= 0.6 is 8.20 Å². The summed E-state index contributed by atoms with van der Waals surface area (Å²) in [5, 5.41) is 1.51. The van der Waals surface area contributed by atoms with Crippen LogP contribution in [0.3, 0.4) is 0 Å². The van der Waals surface area contributed by atoms with E-state index in [1.807, 2.05) is 0 Å². The third kappa shape index (κ3) is 1.40. The van der Waals surface area contributed by atoms with Crippen molar-refractivity contribution in [2.45, 2.75) is 0 Å². The summed E-state index contributed by atoms with van der Waals surface area (Å²) < 4.78 is 3.15. The van der Waals surface area contributed by atoms with E-state index in [0.29, 0.717) is 0 Å². The zero-order valence-corrected chi connectivity index (χ0v) is 10.3. The Morgan fingerprint density at radius 1 is 0.857 bits per heavy atom. The molecule has 1 aliphatic rings. The van der Waals surface area contributed by atoms with E-state index in [1.54, 1.807) is 8.30 Å². The number of rotatable bonds is 0. The topological polar surface area (TPSA) is 0 Å². The molecule has 0 bridgehead atoms. The van der Waals surface area contributed by atoms with Crippen LogP contribution in [-0.2, 0) is 0 Å². The van der Waals surface area contributed by atoms with Crippen LogP contribution in [0.25, 0.3) is 0 Å². The van der Waals surface area contributed by atoms with Gasteiger partial charge < -0.3 is 0 Å². The van der Waals surface area contributed by atoms with Crippen molar-refractivity contribution >= 4 is 33.2 Å². The van der Waals surface area contributed by atoms with Gasteiger partial charge in [-0.2, -0.15) is 0 Å². The molecule has 3 rings (SSSR count). The van der Waals surface area contributed by atoms with E-state index in [-0.39, 0.29) is 15.3 Å². The van der Waals surface area contributed by atoms with E-state index >= 15 is 0 Å².